The summed E-state index contributed by atoms with van der Waals surface area (Å²) in [6.45, 7) is 0. The number of rotatable bonds is 7. The van der Waals surface area contributed by atoms with Crippen molar-refractivity contribution in [1.29, 1.82) is 0 Å². The van der Waals surface area contributed by atoms with Crippen molar-refractivity contribution in [3.05, 3.63) is 101 Å². The quantitative estimate of drug-likeness (QED) is 0.228. The van der Waals surface area contributed by atoms with Crippen LogP contribution in [0.25, 0.3) is 0 Å². The van der Waals surface area contributed by atoms with Crippen molar-refractivity contribution in [2.45, 2.75) is 12.8 Å². The first-order chi connectivity index (χ1) is 12.4. The van der Waals surface area contributed by atoms with Gasteiger partial charge in [-0.25, -0.2) is 0 Å². The van der Waals surface area contributed by atoms with Gasteiger partial charge in [-0.3, -0.25) is 0 Å². The number of halogens is 2. The van der Waals surface area contributed by atoms with Gasteiger partial charge in [0.25, 0.3) is 0 Å². The van der Waals surface area contributed by atoms with E-state index in [1.165, 1.54) is 28.5 Å². The molecule has 0 aliphatic carbocycles. The van der Waals surface area contributed by atoms with Gasteiger partial charge in [-0.05, 0) is 53.3 Å². The van der Waals surface area contributed by atoms with Gasteiger partial charge in [-0.15, -0.1) is 0 Å². The Kier molecular flexibility index (Phi) is 9.30. The van der Waals surface area contributed by atoms with Crippen LogP contribution in [0, 0.1) is 0 Å². The Morgan fingerprint density at radius 1 is 0.654 bits per heavy atom. The lowest BCUT2D eigenvalue weighted by molar-refractivity contribution is -0.00000473. The highest BCUT2D eigenvalue weighted by Gasteiger charge is 2.44. The fraction of sp³-hybridized carbons (Fsp3) is 0.130. The molecule has 0 spiro atoms. The van der Waals surface area contributed by atoms with Crippen molar-refractivity contribution < 1.29 is 24.0 Å². The second-order valence-electron chi connectivity index (χ2n) is 6.04. The van der Waals surface area contributed by atoms with Crippen LogP contribution in [0.3, 0.4) is 0 Å². The van der Waals surface area contributed by atoms with Crippen molar-refractivity contribution in [2.24, 2.45) is 0 Å². The van der Waals surface area contributed by atoms with Crippen LogP contribution < -0.4 is 39.9 Å². The monoisotopic (exact) mass is 584 g/mol. The van der Waals surface area contributed by atoms with E-state index in [0.29, 0.717) is 0 Å². The van der Waals surface area contributed by atoms with Gasteiger partial charge < -0.3 is 24.0 Å². The van der Waals surface area contributed by atoms with E-state index in [4.69, 9.17) is 0 Å². The first-order valence-corrected chi connectivity index (χ1v) is 11.9. The van der Waals surface area contributed by atoms with Gasteiger partial charge in [-0.1, -0.05) is 83.3 Å². The molecule has 0 bridgehead atoms. The van der Waals surface area contributed by atoms with E-state index in [2.05, 4.69) is 124 Å². The zero-order valence-electron chi connectivity index (χ0n) is 14.6. The molecule has 0 aromatic heterocycles. The van der Waals surface area contributed by atoms with Crippen LogP contribution in [0.15, 0.2) is 101 Å². The molecule has 0 N–H and O–H groups in total. The number of allylic oxidation sites excluding steroid dienone is 1. The normalized spacial score (nSPS) is 11.3. The first-order valence-electron chi connectivity index (χ1n) is 8.68. The number of hydrogen-bond acceptors (Lipinski definition) is 0. The minimum absolute atomic E-state index is 0. The summed E-state index contributed by atoms with van der Waals surface area (Å²) in [4.78, 5) is 0. The molecule has 0 heterocycles. The number of benzene rings is 3. The van der Waals surface area contributed by atoms with E-state index in [-0.39, 0.29) is 24.0 Å². The molecule has 0 aliphatic rings. The highest BCUT2D eigenvalue weighted by molar-refractivity contribution is 14.1. The molecule has 0 nitrogen and oxygen atoms in total. The Labute approximate surface area is 188 Å². The van der Waals surface area contributed by atoms with Crippen molar-refractivity contribution in [3.8, 4) is 0 Å². The molecule has 3 rings (SSSR count). The third kappa shape index (κ3) is 4.96. The summed E-state index contributed by atoms with van der Waals surface area (Å²) in [6, 6.07) is 33.4. The Hall–Kier alpha value is -0.710. The van der Waals surface area contributed by atoms with Crippen molar-refractivity contribution >= 4 is 45.8 Å². The standard InChI is InChI=1S/C23H23IP.HI/c24-19-11-4-12-20-25(21-13-5-1-6-14-21,22-15-7-2-8-16-22)23-17-9-3-10-18-23;/h1-3,5-11,13-19H,4,12,20H2;1H/q+1;/p-1/b19-11+;. The zero-order chi connectivity index (χ0) is 17.4. The lowest BCUT2D eigenvalue weighted by Gasteiger charge is -2.27. The van der Waals surface area contributed by atoms with Crippen molar-refractivity contribution in [2.75, 3.05) is 6.16 Å². The lowest BCUT2D eigenvalue weighted by Crippen LogP contribution is -3.00. The van der Waals surface area contributed by atoms with E-state index < -0.39 is 7.26 Å². The highest BCUT2D eigenvalue weighted by Crippen LogP contribution is 2.55. The maximum Gasteiger partial charge on any atom is 0.112 e. The Morgan fingerprint density at radius 3 is 1.38 bits per heavy atom. The molecule has 0 aliphatic heterocycles. The van der Waals surface area contributed by atoms with E-state index >= 15 is 0 Å². The molecule has 0 saturated carbocycles. The van der Waals surface area contributed by atoms with Gasteiger partial charge in [0.15, 0.2) is 0 Å². The molecule has 3 heteroatoms. The third-order valence-corrected chi connectivity index (χ3v) is 9.58. The largest absolute Gasteiger partial charge is 1.00 e. The van der Waals surface area contributed by atoms with Gasteiger partial charge in [0.2, 0.25) is 0 Å². The van der Waals surface area contributed by atoms with Crippen LogP contribution in [0.1, 0.15) is 12.8 Å². The van der Waals surface area contributed by atoms with E-state index in [1.54, 1.807) is 0 Å². The van der Waals surface area contributed by atoms with Crippen LogP contribution in [-0.2, 0) is 0 Å². The summed E-state index contributed by atoms with van der Waals surface area (Å²) in [7, 11) is -1.63. The van der Waals surface area contributed by atoms with Gasteiger partial charge >= 0.3 is 0 Å². The molecular formula is C23H23I2P. The van der Waals surface area contributed by atoms with Crippen molar-refractivity contribution in [3.63, 3.8) is 0 Å². The van der Waals surface area contributed by atoms with Crippen LogP contribution in [0.4, 0.5) is 0 Å². The van der Waals surface area contributed by atoms with Gasteiger partial charge in [0, 0.05) is 0 Å². The minimum Gasteiger partial charge on any atom is -1.00 e. The molecule has 3 aromatic carbocycles. The highest BCUT2D eigenvalue weighted by atomic mass is 127. The average molecular weight is 584 g/mol. The molecular weight excluding hydrogens is 561 g/mol. The summed E-state index contributed by atoms with van der Waals surface area (Å²) in [5, 5.41) is 4.43. The van der Waals surface area contributed by atoms with Crippen molar-refractivity contribution in [1.82, 2.24) is 0 Å². The average Bonchev–Trinajstić information content (AvgIpc) is 2.70. The summed E-state index contributed by atoms with van der Waals surface area (Å²) < 4.78 is 2.13. The Morgan fingerprint density at radius 2 is 1.04 bits per heavy atom. The summed E-state index contributed by atoms with van der Waals surface area (Å²) in [5.41, 5.74) is 0. The van der Waals surface area contributed by atoms with Crippen LogP contribution >= 0.6 is 29.9 Å². The molecule has 26 heavy (non-hydrogen) atoms. The van der Waals surface area contributed by atoms with Crippen LogP contribution in [0.5, 0.6) is 0 Å². The van der Waals surface area contributed by atoms with E-state index in [9.17, 15) is 0 Å². The lowest BCUT2D eigenvalue weighted by atomic mass is 10.3. The molecule has 134 valence electrons. The zero-order valence-corrected chi connectivity index (χ0v) is 19.8. The SMILES string of the molecule is I/C=C/CCC[P+](c1ccccc1)(c1ccccc1)c1ccccc1.[I-]. The third-order valence-electron chi connectivity index (χ3n) is 4.54. The fourth-order valence-corrected chi connectivity index (χ4v) is 8.12. The Balaban J connectivity index is 0.00000243. The molecule has 0 amide bonds. The number of hydrogen-bond donors (Lipinski definition) is 0. The maximum atomic E-state index is 2.32. The van der Waals surface area contributed by atoms with Crippen LogP contribution in [0.2, 0.25) is 0 Å². The molecule has 0 fully saturated rings. The van der Waals surface area contributed by atoms with E-state index in [0.717, 1.165) is 6.42 Å². The van der Waals surface area contributed by atoms with E-state index in [1.807, 2.05) is 0 Å². The first kappa shape index (κ1) is 21.6. The summed E-state index contributed by atoms with van der Waals surface area (Å²) >= 11 is 2.31. The smallest absolute Gasteiger partial charge is 0.112 e. The van der Waals surface area contributed by atoms with Gasteiger partial charge in [-0.2, -0.15) is 0 Å². The summed E-state index contributed by atoms with van der Waals surface area (Å²) in [6.07, 6.45) is 5.81. The predicted octanol–water partition coefficient (Wildman–Crippen LogP) is 2.71. The second kappa shape index (κ2) is 11.2. The molecule has 0 unspecified atom stereocenters. The topological polar surface area (TPSA) is 0 Å². The molecule has 0 saturated heterocycles. The molecule has 3 aromatic rings. The van der Waals surface area contributed by atoms with Crippen LogP contribution in [-0.4, -0.2) is 6.16 Å². The number of unbranched alkanes of at least 4 members (excludes halogenated alkanes) is 1. The summed E-state index contributed by atoms with van der Waals surface area (Å²) in [5.74, 6) is 0. The molecule has 0 atom stereocenters. The maximum absolute atomic E-state index is 2.32. The fourth-order valence-electron chi connectivity index (χ4n) is 3.39. The Bertz CT molecular complexity index is 690. The minimum atomic E-state index is -1.63. The molecule has 0 radical (unpaired) electrons. The van der Waals surface area contributed by atoms with Gasteiger partial charge in [0.1, 0.15) is 23.2 Å². The van der Waals surface area contributed by atoms with Gasteiger partial charge in [0.05, 0.1) is 6.16 Å². The predicted molar refractivity (Wildman–Crippen MR) is 122 cm³/mol. The second-order valence-corrected chi connectivity index (χ2v) is 10.4.